The number of nitrogens with two attached hydrogens (primary N) is 1. The van der Waals surface area contributed by atoms with Crippen molar-refractivity contribution in [2.45, 2.75) is 42.7 Å². The molecule has 0 heterocycles. The van der Waals surface area contributed by atoms with E-state index in [0.717, 1.165) is 21.1 Å². The minimum absolute atomic E-state index is 0.171. The monoisotopic (exact) mass is 282 g/mol. The van der Waals surface area contributed by atoms with E-state index in [4.69, 9.17) is 11.1 Å². The second-order valence-electron chi connectivity index (χ2n) is 4.54. The fourth-order valence-corrected chi connectivity index (χ4v) is 3.57. The van der Waals surface area contributed by atoms with Gasteiger partial charge in [-0.2, -0.15) is 0 Å². The number of amidine groups is 1. The SMILES string of the molecule is CCSc1cccc(SC(C)C(C)C)c1C(=N)N. The van der Waals surface area contributed by atoms with E-state index in [2.05, 4.69) is 45.9 Å². The topological polar surface area (TPSA) is 49.9 Å². The molecule has 0 spiro atoms. The molecule has 0 saturated heterocycles. The third kappa shape index (κ3) is 3.95. The zero-order valence-corrected chi connectivity index (χ0v) is 13.1. The predicted molar refractivity (Wildman–Crippen MR) is 84.0 cm³/mol. The number of nitrogens with one attached hydrogen (secondary N) is 1. The smallest absolute Gasteiger partial charge is 0.125 e. The Labute approximate surface area is 119 Å². The van der Waals surface area contributed by atoms with Gasteiger partial charge in [-0.3, -0.25) is 5.41 Å². The fourth-order valence-electron chi connectivity index (χ4n) is 1.49. The lowest BCUT2D eigenvalue weighted by Gasteiger charge is -2.18. The maximum atomic E-state index is 7.80. The molecule has 100 valence electrons. The molecule has 1 atom stereocenters. The van der Waals surface area contributed by atoms with Gasteiger partial charge in [0.25, 0.3) is 0 Å². The lowest BCUT2D eigenvalue weighted by Crippen LogP contribution is -2.15. The highest BCUT2D eigenvalue weighted by Gasteiger charge is 2.16. The van der Waals surface area contributed by atoms with Gasteiger partial charge in [0.15, 0.2) is 0 Å². The normalized spacial score (nSPS) is 12.7. The van der Waals surface area contributed by atoms with Crippen LogP contribution in [0.1, 0.15) is 33.3 Å². The molecule has 0 radical (unpaired) electrons. The number of hydrogen-bond donors (Lipinski definition) is 2. The summed E-state index contributed by atoms with van der Waals surface area (Å²) in [6, 6.07) is 6.18. The summed E-state index contributed by atoms with van der Waals surface area (Å²) in [6.07, 6.45) is 0. The van der Waals surface area contributed by atoms with Crippen molar-refractivity contribution < 1.29 is 0 Å². The van der Waals surface area contributed by atoms with Gasteiger partial charge in [0.05, 0.1) is 0 Å². The first-order chi connectivity index (χ1) is 8.47. The maximum Gasteiger partial charge on any atom is 0.125 e. The van der Waals surface area contributed by atoms with E-state index in [1.54, 1.807) is 11.8 Å². The highest BCUT2D eigenvalue weighted by atomic mass is 32.2. The lowest BCUT2D eigenvalue weighted by molar-refractivity contribution is 0.642. The van der Waals surface area contributed by atoms with Crippen LogP contribution in [0, 0.1) is 11.3 Å². The Morgan fingerprint density at radius 3 is 2.39 bits per heavy atom. The minimum Gasteiger partial charge on any atom is -0.384 e. The Balaban J connectivity index is 3.10. The number of nitrogen functional groups attached to an aromatic ring is 1. The van der Waals surface area contributed by atoms with E-state index in [9.17, 15) is 0 Å². The number of benzene rings is 1. The van der Waals surface area contributed by atoms with Crippen LogP contribution >= 0.6 is 23.5 Å². The van der Waals surface area contributed by atoms with Gasteiger partial charge in [0, 0.05) is 20.6 Å². The van der Waals surface area contributed by atoms with E-state index in [-0.39, 0.29) is 5.84 Å². The van der Waals surface area contributed by atoms with Crippen LogP contribution in [-0.4, -0.2) is 16.8 Å². The van der Waals surface area contributed by atoms with E-state index in [1.165, 1.54) is 0 Å². The van der Waals surface area contributed by atoms with Gasteiger partial charge < -0.3 is 5.73 Å². The van der Waals surface area contributed by atoms with Crippen LogP contribution in [0.2, 0.25) is 0 Å². The summed E-state index contributed by atoms with van der Waals surface area (Å²) in [4.78, 5) is 2.24. The Morgan fingerprint density at radius 1 is 1.28 bits per heavy atom. The average Bonchev–Trinajstić information content (AvgIpc) is 2.29. The number of hydrogen-bond acceptors (Lipinski definition) is 3. The molecule has 0 aliphatic carbocycles. The molecule has 0 saturated carbocycles. The Morgan fingerprint density at radius 2 is 1.89 bits per heavy atom. The fraction of sp³-hybridized carbons (Fsp3) is 0.500. The molecule has 18 heavy (non-hydrogen) atoms. The molecule has 1 unspecified atom stereocenters. The summed E-state index contributed by atoms with van der Waals surface area (Å²) < 4.78 is 0. The first-order valence-corrected chi connectivity index (χ1v) is 8.10. The van der Waals surface area contributed by atoms with Gasteiger partial charge in [-0.1, -0.05) is 33.8 Å². The Kier molecular flexibility index (Phi) is 6.09. The molecule has 4 heteroatoms. The van der Waals surface area contributed by atoms with Gasteiger partial charge in [-0.25, -0.2) is 0 Å². The molecule has 0 fully saturated rings. The van der Waals surface area contributed by atoms with Crippen LogP contribution in [-0.2, 0) is 0 Å². The molecular weight excluding hydrogens is 260 g/mol. The predicted octanol–water partition coefficient (Wildman–Crippen LogP) is 4.22. The third-order valence-electron chi connectivity index (χ3n) is 2.81. The second-order valence-corrected chi connectivity index (χ2v) is 7.27. The quantitative estimate of drug-likeness (QED) is 0.466. The molecule has 0 aliphatic heterocycles. The third-order valence-corrected chi connectivity index (χ3v) is 5.26. The molecule has 1 aromatic carbocycles. The van der Waals surface area contributed by atoms with Crippen LogP contribution in [0.5, 0.6) is 0 Å². The van der Waals surface area contributed by atoms with Crippen molar-refractivity contribution in [2.75, 3.05) is 5.75 Å². The van der Waals surface area contributed by atoms with Crippen molar-refractivity contribution in [2.24, 2.45) is 11.7 Å². The van der Waals surface area contributed by atoms with Crippen molar-refractivity contribution in [1.82, 2.24) is 0 Å². The average molecular weight is 282 g/mol. The van der Waals surface area contributed by atoms with Gasteiger partial charge >= 0.3 is 0 Å². The van der Waals surface area contributed by atoms with E-state index >= 15 is 0 Å². The van der Waals surface area contributed by atoms with E-state index < -0.39 is 0 Å². The van der Waals surface area contributed by atoms with Gasteiger partial charge in [-0.15, -0.1) is 23.5 Å². The van der Waals surface area contributed by atoms with E-state index in [0.29, 0.717) is 11.2 Å². The second kappa shape index (κ2) is 7.10. The zero-order valence-electron chi connectivity index (χ0n) is 11.5. The molecular formula is C14H22N2S2. The van der Waals surface area contributed by atoms with Crippen molar-refractivity contribution in [3.63, 3.8) is 0 Å². The largest absolute Gasteiger partial charge is 0.384 e. The molecule has 3 N–H and O–H groups in total. The van der Waals surface area contributed by atoms with Crippen LogP contribution in [0.4, 0.5) is 0 Å². The summed E-state index contributed by atoms with van der Waals surface area (Å²) >= 11 is 3.56. The Bertz CT molecular complexity index is 416. The van der Waals surface area contributed by atoms with Crippen molar-refractivity contribution in [1.29, 1.82) is 5.41 Å². The van der Waals surface area contributed by atoms with Crippen LogP contribution in [0.15, 0.2) is 28.0 Å². The van der Waals surface area contributed by atoms with Gasteiger partial charge in [-0.05, 0) is 23.8 Å². The highest BCUT2D eigenvalue weighted by Crippen LogP contribution is 2.35. The van der Waals surface area contributed by atoms with Gasteiger partial charge in [0.1, 0.15) is 5.84 Å². The van der Waals surface area contributed by atoms with Crippen LogP contribution in [0.3, 0.4) is 0 Å². The van der Waals surface area contributed by atoms with Gasteiger partial charge in [0.2, 0.25) is 0 Å². The molecule has 2 nitrogen and oxygen atoms in total. The first-order valence-electron chi connectivity index (χ1n) is 6.24. The van der Waals surface area contributed by atoms with Crippen LogP contribution < -0.4 is 5.73 Å². The summed E-state index contributed by atoms with van der Waals surface area (Å²) in [5, 5.41) is 8.32. The Hall–Kier alpha value is -0.610. The number of rotatable bonds is 6. The van der Waals surface area contributed by atoms with Crippen molar-refractivity contribution in [3.8, 4) is 0 Å². The summed E-state index contributed by atoms with van der Waals surface area (Å²) in [5.74, 6) is 1.77. The van der Waals surface area contributed by atoms with Crippen molar-refractivity contribution >= 4 is 29.4 Å². The number of thioether (sulfide) groups is 2. The molecule has 0 bridgehead atoms. The summed E-state index contributed by atoms with van der Waals surface area (Å²) in [6.45, 7) is 8.77. The molecule has 0 aliphatic rings. The minimum atomic E-state index is 0.171. The van der Waals surface area contributed by atoms with Crippen LogP contribution in [0.25, 0.3) is 0 Å². The highest BCUT2D eigenvalue weighted by molar-refractivity contribution is 8.00. The maximum absolute atomic E-state index is 7.80. The lowest BCUT2D eigenvalue weighted by atomic mass is 10.1. The molecule has 1 aromatic rings. The van der Waals surface area contributed by atoms with Crippen molar-refractivity contribution in [3.05, 3.63) is 23.8 Å². The molecule has 0 amide bonds. The standard InChI is InChI=1S/C14H22N2S2/c1-5-17-11-7-6-8-12(13(11)14(15)16)18-10(4)9(2)3/h6-10H,5H2,1-4H3,(H3,15,16). The zero-order chi connectivity index (χ0) is 13.7. The molecule has 0 aromatic heterocycles. The first kappa shape index (κ1) is 15.4. The summed E-state index contributed by atoms with van der Waals surface area (Å²) in [7, 11) is 0. The van der Waals surface area contributed by atoms with E-state index in [1.807, 2.05) is 11.8 Å². The molecule has 1 rings (SSSR count). The summed E-state index contributed by atoms with van der Waals surface area (Å²) in [5.41, 5.74) is 6.66.